The number of nitrogens with zero attached hydrogens (tertiary/aromatic N) is 6. The molecular weight excluding hydrogens is 515 g/mol. The average molecular weight is 544 g/mol. The van der Waals surface area contributed by atoms with E-state index >= 15 is 0 Å². The maximum atomic E-state index is 13.1. The van der Waals surface area contributed by atoms with Gasteiger partial charge in [-0.1, -0.05) is 19.9 Å². The largest absolute Gasteiger partial charge is 0.416 e. The highest BCUT2D eigenvalue weighted by Crippen LogP contribution is 2.33. The molecule has 10 nitrogen and oxygen atoms in total. The number of aryl methyl sites for hydroxylation is 1. The van der Waals surface area contributed by atoms with Crippen LogP contribution in [0.2, 0.25) is 0 Å². The third-order valence-corrected chi connectivity index (χ3v) is 6.80. The van der Waals surface area contributed by atoms with Crippen LogP contribution in [0.15, 0.2) is 46.2 Å². The van der Waals surface area contributed by atoms with E-state index < -0.39 is 17.3 Å². The number of benzene rings is 1. The van der Waals surface area contributed by atoms with Crippen molar-refractivity contribution in [3.63, 3.8) is 0 Å². The summed E-state index contributed by atoms with van der Waals surface area (Å²) < 4.78 is 43.7. The van der Waals surface area contributed by atoms with Crippen molar-refractivity contribution in [2.24, 2.45) is 5.92 Å². The van der Waals surface area contributed by atoms with Gasteiger partial charge in [-0.05, 0) is 31.0 Å². The van der Waals surface area contributed by atoms with Crippen LogP contribution in [0.3, 0.4) is 0 Å². The second kappa shape index (κ2) is 10.2. The molecule has 3 aromatic heterocycles. The van der Waals surface area contributed by atoms with E-state index in [1.54, 1.807) is 17.1 Å². The Morgan fingerprint density at radius 1 is 1.08 bits per heavy atom. The topological polar surface area (TPSA) is 111 Å². The highest BCUT2D eigenvalue weighted by Gasteiger charge is 2.34. The van der Waals surface area contributed by atoms with Gasteiger partial charge in [-0.3, -0.25) is 23.4 Å². The molecule has 206 valence electrons. The number of amides is 1. The zero-order valence-corrected chi connectivity index (χ0v) is 21.5. The van der Waals surface area contributed by atoms with E-state index in [1.807, 2.05) is 13.8 Å². The Labute approximate surface area is 220 Å². The van der Waals surface area contributed by atoms with Crippen molar-refractivity contribution in [2.75, 3.05) is 11.4 Å². The van der Waals surface area contributed by atoms with Crippen molar-refractivity contribution < 1.29 is 18.0 Å². The fourth-order valence-electron chi connectivity index (χ4n) is 5.00. The molecule has 1 amide bonds. The first-order valence-electron chi connectivity index (χ1n) is 12.8. The van der Waals surface area contributed by atoms with Crippen LogP contribution in [0.1, 0.15) is 38.7 Å². The van der Waals surface area contributed by atoms with Crippen molar-refractivity contribution >= 4 is 22.8 Å². The van der Waals surface area contributed by atoms with Gasteiger partial charge in [0.2, 0.25) is 5.91 Å². The molecule has 1 fully saturated rings. The maximum Gasteiger partial charge on any atom is 0.416 e. The molecule has 1 N–H and O–H groups in total. The summed E-state index contributed by atoms with van der Waals surface area (Å²) in [4.78, 5) is 47.5. The Morgan fingerprint density at radius 2 is 1.82 bits per heavy atom. The Morgan fingerprint density at radius 3 is 2.54 bits per heavy atom. The molecule has 1 unspecified atom stereocenters. The lowest BCUT2D eigenvalue weighted by Crippen LogP contribution is -2.40. The zero-order chi connectivity index (χ0) is 27.9. The number of fused-ring (bicyclic) bond motifs is 1. The number of rotatable bonds is 8. The van der Waals surface area contributed by atoms with Gasteiger partial charge in [0.1, 0.15) is 11.3 Å². The summed E-state index contributed by atoms with van der Waals surface area (Å²) in [5, 5.41) is 4.37. The number of halogens is 3. The second-order valence-electron chi connectivity index (χ2n) is 9.75. The van der Waals surface area contributed by atoms with Crippen molar-refractivity contribution in [1.29, 1.82) is 0 Å². The molecule has 0 spiro atoms. The van der Waals surface area contributed by atoms with Gasteiger partial charge in [-0.15, -0.1) is 0 Å². The van der Waals surface area contributed by atoms with Crippen molar-refractivity contribution in [3.8, 4) is 11.4 Å². The minimum absolute atomic E-state index is 0.161. The van der Waals surface area contributed by atoms with Gasteiger partial charge in [0.05, 0.1) is 17.3 Å². The highest BCUT2D eigenvalue weighted by molar-refractivity contribution is 5.95. The molecule has 4 aromatic rings. The first-order chi connectivity index (χ1) is 18.6. The molecule has 0 aliphatic carbocycles. The number of H-pyrrole nitrogens is 1. The van der Waals surface area contributed by atoms with E-state index in [-0.39, 0.29) is 41.7 Å². The summed E-state index contributed by atoms with van der Waals surface area (Å²) in [6.45, 7) is 5.19. The Bertz CT molecular complexity index is 1650. The summed E-state index contributed by atoms with van der Waals surface area (Å²) in [6.07, 6.45) is 0.311. The van der Waals surface area contributed by atoms with E-state index in [4.69, 9.17) is 0 Å². The monoisotopic (exact) mass is 543 g/mol. The van der Waals surface area contributed by atoms with Crippen molar-refractivity contribution in [1.82, 2.24) is 28.9 Å². The molecule has 39 heavy (non-hydrogen) atoms. The van der Waals surface area contributed by atoms with Gasteiger partial charge in [-0.2, -0.15) is 18.3 Å². The number of aromatic nitrogens is 6. The lowest BCUT2D eigenvalue weighted by atomic mass is 10.1. The van der Waals surface area contributed by atoms with E-state index in [9.17, 15) is 27.6 Å². The quantitative estimate of drug-likeness (QED) is 0.365. The van der Waals surface area contributed by atoms with Gasteiger partial charge in [0.15, 0.2) is 5.65 Å². The van der Waals surface area contributed by atoms with Crippen LogP contribution in [0, 0.1) is 5.92 Å². The van der Waals surface area contributed by atoms with Gasteiger partial charge < -0.3 is 9.88 Å². The summed E-state index contributed by atoms with van der Waals surface area (Å²) in [7, 11) is 0. The van der Waals surface area contributed by atoms with E-state index in [0.717, 1.165) is 12.1 Å². The lowest BCUT2D eigenvalue weighted by molar-refractivity contribution is -0.137. The zero-order valence-electron chi connectivity index (χ0n) is 21.5. The number of carbonyl (C=O) groups excluding carboxylic acids is 1. The first kappa shape index (κ1) is 26.4. The van der Waals surface area contributed by atoms with Crippen LogP contribution in [0.25, 0.3) is 22.6 Å². The highest BCUT2D eigenvalue weighted by atomic mass is 19.4. The molecule has 5 rings (SSSR count). The number of alkyl halides is 3. The minimum atomic E-state index is -4.49. The van der Waals surface area contributed by atoms with Crippen LogP contribution in [0.5, 0.6) is 0 Å². The molecule has 0 bridgehead atoms. The number of aromatic amines is 1. The van der Waals surface area contributed by atoms with Crippen LogP contribution in [0.4, 0.5) is 18.9 Å². The van der Waals surface area contributed by atoms with Crippen LogP contribution < -0.4 is 16.1 Å². The van der Waals surface area contributed by atoms with E-state index in [0.29, 0.717) is 49.5 Å². The van der Waals surface area contributed by atoms with Crippen LogP contribution in [-0.4, -0.2) is 41.3 Å². The number of imidazole rings is 1. The summed E-state index contributed by atoms with van der Waals surface area (Å²) >= 11 is 0. The van der Waals surface area contributed by atoms with Crippen molar-refractivity contribution in [3.05, 3.63) is 63.1 Å². The SMILES string of the molecule is CCCn1c(=O)c2[nH]c(-c3cnn(CC4CC(=O)N(c5cccc(C(F)(F)F)c5)C4)c3)nc2n(CCC)c1=O. The fourth-order valence-corrected chi connectivity index (χ4v) is 5.00. The molecule has 1 saturated heterocycles. The van der Waals surface area contributed by atoms with Crippen molar-refractivity contribution in [2.45, 2.75) is 58.9 Å². The fraction of sp³-hybridized carbons (Fsp3) is 0.423. The molecule has 13 heteroatoms. The Balaban J connectivity index is 1.38. The normalized spacial score (nSPS) is 16.1. The van der Waals surface area contributed by atoms with Gasteiger partial charge in [0, 0.05) is 50.4 Å². The average Bonchev–Trinajstić information content (AvgIpc) is 3.63. The van der Waals surface area contributed by atoms with Gasteiger partial charge in [0.25, 0.3) is 5.56 Å². The molecular formula is C26H28F3N7O3. The molecule has 0 radical (unpaired) electrons. The Hall–Kier alpha value is -4.16. The molecule has 1 aliphatic heterocycles. The predicted octanol–water partition coefficient (Wildman–Crippen LogP) is 3.64. The van der Waals surface area contributed by atoms with Crippen LogP contribution in [-0.2, 0) is 30.6 Å². The third-order valence-electron chi connectivity index (χ3n) is 6.80. The second-order valence-corrected chi connectivity index (χ2v) is 9.75. The van der Waals surface area contributed by atoms with Crippen LogP contribution >= 0.6 is 0 Å². The lowest BCUT2D eigenvalue weighted by Gasteiger charge is -2.18. The third kappa shape index (κ3) is 5.00. The number of carbonyl (C=O) groups is 1. The molecule has 0 saturated carbocycles. The first-order valence-corrected chi connectivity index (χ1v) is 12.8. The van der Waals surface area contributed by atoms with E-state index in [2.05, 4.69) is 15.1 Å². The van der Waals surface area contributed by atoms with Gasteiger partial charge >= 0.3 is 11.9 Å². The smallest absolute Gasteiger partial charge is 0.332 e. The number of anilines is 1. The number of hydrogen-bond donors (Lipinski definition) is 1. The molecule has 4 heterocycles. The van der Waals surface area contributed by atoms with Gasteiger partial charge in [-0.25, -0.2) is 9.78 Å². The molecule has 1 aromatic carbocycles. The molecule has 1 atom stereocenters. The van der Waals surface area contributed by atoms with E-state index in [1.165, 1.54) is 26.2 Å². The summed E-state index contributed by atoms with van der Waals surface area (Å²) in [6, 6.07) is 4.75. The predicted molar refractivity (Wildman–Crippen MR) is 138 cm³/mol. The Kier molecular flexibility index (Phi) is 6.91. The standard InChI is InChI=1S/C26H28F3N7O3/c1-3-8-34-23-21(24(38)35(9-4-2)25(34)39)31-22(32-23)17-12-30-33(15-17)13-16-10-20(37)36(14-16)19-7-5-6-18(11-19)26(27,28)29/h5-7,11-12,15-16H,3-4,8-10,13-14H2,1-2H3,(H,31,32). The maximum absolute atomic E-state index is 13.1. The molecule has 1 aliphatic rings. The number of nitrogens with one attached hydrogen (secondary N) is 1. The minimum Gasteiger partial charge on any atom is -0.332 e. The summed E-state index contributed by atoms with van der Waals surface area (Å²) in [5.41, 5.74) is -0.257. The number of hydrogen-bond acceptors (Lipinski definition) is 5. The summed E-state index contributed by atoms with van der Waals surface area (Å²) in [5.74, 6) is -0.0207.